The smallest absolute Gasteiger partial charge is 0.427 e. The molecule has 5 heteroatoms. The van der Waals surface area contributed by atoms with Gasteiger partial charge in [-0.1, -0.05) is 60.7 Å². The summed E-state index contributed by atoms with van der Waals surface area (Å²) < 4.78 is 4.78. The second-order valence-corrected chi connectivity index (χ2v) is 4.72. The number of carbonyl (C=O) groups is 2. The summed E-state index contributed by atoms with van der Waals surface area (Å²) in [5.74, 6) is -0.0705. The monoisotopic (exact) mass is 310 g/mol. The first kappa shape index (κ1) is 16.4. The molecule has 23 heavy (non-hydrogen) atoms. The molecule has 118 valence electrons. The highest BCUT2D eigenvalue weighted by atomic mass is 16.5. The highest BCUT2D eigenvalue weighted by molar-refractivity contribution is 6.15. The number of nitrogens with zero attached hydrogens (tertiary/aromatic N) is 1. The van der Waals surface area contributed by atoms with Crippen molar-refractivity contribution in [1.82, 2.24) is 5.43 Å². The van der Waals surface area contributed by atoms with Crippen LogP contribution in [0.2, 0.25) is 0 Å². The van der Waals surface area contributed by atoms with E-state index in [0.29, 0.717) is 11.3 Å². The first-order valence-corrected chi connectivity index (χ1v) is 7.33. The summed E-state index contributed by atoms with van der Waals surface area (Å²) in [5, 5.41) is 4.05. The number of rotatable bonds is 6. The summed E-state index contributed by atoms with van der Waals surface area (Å²) in [7, 11) is 0. The van der Waals surface area contributed by atoms with Gasteiger partial charge in [0.15, 0.2) is 5.78 Å². The molecule has 0 spiro atoms. The summed E-state index contributed by atoms with van der Waals surface area (Å²) in [6.45, 7) is 1.96. The van der Waals surface area contributed by atoms with Crippen molar-refractivity contribution in [3.63, 3.8) is 0 Å². The van der Waals surface area contributed by atoms with E-state index in [2.05, 4.69) is 10.5 Å². The van der Waals surface area contributed by atoms with Crippen molar-refractivity contribution in [3.05, 3.63) is 71.8 Å². The van der Waals surface area contributed by atoms with Gasteiger partial charge < -0.3 is 4.74 Å². The van der Waals surface area contributed by atoms with Crippen LogP contribution in [0.4, 0.5) is 4.79 Å². The second-order valence-electron chi connectivity index (χ2n) is 4.72. The number of nitrogens with one attached hydrogen (secondary N) is 1. The molecule has 0 bridgehead atoms. The number of hydrogen-bond acceptors (Lipinski definition) is 4. The Morgan fingerprint density at radius 3 is 2.09 bits per heavy atom. The van der Waals surface area contributed by atoms with Crippen LogP contribution in [0.3, 0.4) is 0 Å². The minimum atomic E-state index is -0.645. The van der Waals surface area contributed by atoms with E-state index in [1.165, 1.54) is 0 Å². The van der Waals surface area contributed by atoms with E-state index in [0.717, 1.165) is 5.56 Å². The molecular weight excluding hydrogens is 292 g/mol. The summed E-state index contributed by atoms with van der Waals surface area (Å²) in [5.41, 5.74) is 4.17. The van der Waals surface area contributed by atoms with Gasteiger partial charge in [-0.25, -0.2) is 10.2 Å². The summed E-state index contributed by atoms with van der Waals surface area (Å²) in [6, 6.07) is 18.2. The maximum absolute atomic E-state index is 12.4. The summed E-state index contributed by atoms with van der Waals surface area (Å²) in [4.78, 5) is 23.8. The van der Waals surface area contributed by atoms with Gasteiger partial charge in [0.25, 0.3) is 0 Å². The second kappa shape index (κ2) is 8.48. The van der Waals surface area contributed by atoms with Crippen LogP contribution in [0.1, 0.15) is 29.3 Å². The Morgan fingerprint density at radius 2 is 1.52 bits per heavy atom. The molecule has 0 aliphatic rings. The lowest BCUT2D eigenvalue weighted by Gasteiger charge is -2.07. The zero-order valence-corrected chi connectivity index (χ0v) is 12.9. The molecular formula is C18H18N2O3. The molecule has 0 atom stereocenters. The van der Waals surface area contributed by atoms with E-state index in [-0.39, 0.29) is 18.8 Å². The predicted molar refractivity (Wildman–Crippen MR) is 88.5 cm³/mol. The molecule has 0 aliphatic heterocycles. The van der Waals surface area contributed by atoms with Crippen LogP contribution >= 0.6 is 0 Å². The third kappa shape index (κ3) is 5.07. The first-order chi connectivity index (χ1) is 11.2. The first-order valence-electron chi connectivity index (χ1n) is 7.33. The van der Waals surface area contributed by atoms with Crippen molar-refractivity contribution in [2.75, 3.05) is 6.61 Å². The Kier molecular flexibility index (Phi) is 6.06. The number of hydrazone groups is 1. The zero-order valence-electron chi connectivity index (χ0n) is 12.9. The third-order valence-electron chi connectivity index (χ3n) is 3.09. The topological polar surface area (TPSA) is 67.8 Å². The number of ketones is 1. The molecule has 2 aromatic rings. The number of amides is 1. The lowest BCUT2D eigenvalue weighted by molar-refractivity contribution is 0.1000. The van der Waals surface area contributed by atoms with E-state index in [9.17, 15) is 9.59 Å². The van der Waals surface area contributed by atoms with Crippen LogP contribution in [-0.4, -0.2) is 24.2 Å². The maximum Gasteiger partial charge on any atom is 0.427 e. The Balaban J connectivity index is 2.18. The van der Waals surface area contributed by atoms with Gasteiger partial charge in [0.1, 0.15) is 0 Å². The van der Waals surface area contributed by atoms with Crippen molar-refractivity contribution in [3.8, 4) is 0 Å². The van der Waals surface area contributed by atoms with E-state index in [1.54, 1.807) is 19.1 Å². The number of hydrogen-bond donors (Lipinski definition) is 1. The maximum atomic E-state index is 12.4. The molecule has 0 fully saturated rings. The molecule has 0 heterocycles. The minimum absolute atomic E-state index is 0.0705. The molecule has 0 saturated carbocycles. The van der Waals surface area contributed by atoms with Gasteiger partial charge in [0.2, 0.25) is 0 Å². The van der Waals surface area contributed by atoms with Crippen LogP contribution in [0.5, 0.6) is 0 Å². The largest absolute Gasteiger partial charge is 0.449 e. The predicted octanol–water partition coefficient (Wildman–Crippen LogP) is 3.41. The van der Waals surface area contributed by atoms with E-state index in [4.69, 9.17) is 4.74 Å². The number of carbonyl (C=O) groups excluding carboxylic acids is 2. The van der Waals surface area contributed by atoms with Gasteiger partial charge >= 0.3 is 6.09 Å². The zero-order chi connectivity index (χ0) is 16.5. The van der Waals surface area contributed by atoms with Gasteiger partial charge in [0.05, 0.1) is 18.7 Å². The number of benzene rings is 2. The van der Waals surface area contributed by atoms with Crippen LogP contribution < -0.4 is 5.43 Å². The Hall–Kier alpha value is -2.95. The molecule has 0 radical (unpaired) electrons. The number of ether oxygens (including phenoxy) is 1. The number of Topliss-reactive ketones (excluding diaryl/α,β-unsaturated/α-hetero) is 1. The molecule has 0 aliphatic carbocycles. The van der Waals surface area contributed by atoms with Crippen LogP contribution in [-0.2, 0) is 4.74 Å². The Morgan fingerprint density at radius 1 is 0.957 bits per heavy atom. The fourth-order valence-corrected chi connectivity index (χ4v) is 1.99. The molecule has 5 nitrogen and oxygen atoms in total. The van der Waals surface area contributed by atoms with Crippen molar-refractivity contribution >= 4 is 17.6 Å². The van der Waals surface area contributed by atoms with Gasteiger partial charge in [-0.3, -0.25) is 4.79 Å². The third-order valence-corrected chi connectivity index (χ3v) is 3.09. The average Bonchev–Trinajstić information content (AvgIpc) is 2.60. The van der Waals surface area contributed by atoms with Gasteiger partial charge in [-0.2, -0.15) is 5.10 Å². The summed E-state index contributed by atoms with van der Waals surface area (Å²) in [6.07, 6.45) is -0.562. The molecule has 2 aromatic carbocycles. The highest BCUT2D eigenvalue weighted by Crippen LogP contribution is 2.09. The molecule has 1 N–H and O–H groups in total. The van der Waals surface area contributed by atoms with Crippen LogP contribution in [0.25, 0.3) is 0 Å². The van der Waals surface area contributed by atoms with Crippen molar-refractivity contribution in [1.29, 1.82) is 0 Å². The van der Waals surface area contributed by atoms with Crippen molar-refractivity contribution in [2.24, 2.45) is 5.10 Å². The van der Waals surface area contributed by atoms with Crippen LogP contribution in [0, 0.1) is 0 Å². The lowest BCUT2D eigenvalue weighted by Crippen LogP contribution is -2.22. The fourth-order valence-electron chi connectivity index (χ4n) is 1.99. The molecule has 0 aromatic heterocycles. The van der Waals surface area contributed by atoms with E-state index >= 15 is 0 Å². The van der Waals surface area contributed by atoms with Crippen LogP contribution in [0.15, 0.2) is 65.8 Å². The van der Waals surface area contributed by atoms with Crippen molar-refractivity contribution < 1.29 is 14.3 Å². The van der Waals surface area contributed by atoms with E-state index in [1.807, 2.05) is 48.5 Å². The normalized spacial score (nSPS) is 10.9. The Bertz CT molecular complexity index is 682. The SMILES string of the molecule is CCOC(=O)N/N=C(\CC(=O)c1ccccc1)c1ccccc1. The Labute approximate surface area is 135 Å². The molecule has 0 saturated heterocycles. The van der Waals surface area contributed by atoms with Gasteiger partial charge in [0, 0.05) is 5.56 Å². The quantitative estimate of drug-likeness (QED) is 0.505. The van der Waals surface area contributed by atoms with E-state index < -0.39 is 6.09 Å². The fraction of sp³-hybridized carbons (Fsp3) is 0.167. The lowest BCUT2D eigenvalue weighted by atomic mass is 10.0. The molecule has 2 rings (SSSR count). The van der Waals surface area contributed by atoms with Gasteiger partial charge in [-0.05, 0) is 12.5 Å². The minimum Gasteiger partial charge on any atom is -0.449 e. The van der Waals surface area contributed by atoms with Gasteiger partial charge in [-0.15, -0.1) is 0 Å². The summed E-state index contributed by atoms with van der Waals surface area (Å²) >= 11 is 0. The van der Waals surface area contributed by atoms with Crippen molar-refractivity contribution in [2.45, 2.75) is 13.3 Å². The molecule has 1 amide bonds. The molecule has 0 unspecified atom stereocenters. The average molecular weight is 310 g/mol. The standard InChI is InChI=1S/C18H18N2O3/c1-2-23-18(22)20-19-16(14-9-5-3-6-10-14)13-17(21)15-11-7-4-8-12-15/h3-12H,2,13H2,1H3,(H,20,22)/b19-16+. The highest BCUT2D eigenvalue weighted by Gasteiger charge is 2.12.